The third-order valence-electron chi connectivity index (χ3n) is 12.1. The Morgan fingerprint density at radius 1 is 0.973 bits per heavy atom. The van der Waals surface area contributed by atoms with Gasteiger partial charge in [-0.3, -0.25) is 0 Å². The first kappa shape index (κ1) is 28.4. The molecule has 214 valence electrons. The van der Waals surface area contributed by atoms with Crippen LogP contribution in [-0.2, 0) is 23.1 Å². The van der Waals surface area contributed by atoms with Gasteiger partial charge in [0.25, 0.3) is 0 Å². The molecule has 1 spiro atoms. The predicted octanol–water partition coefficient (Wildman–Crippen LogP) is 7.09. The smallest absolute Gasteiger partial charge is 0.172 e. The molecule has 6 heteroatoms. The van der Waals surface area contributed by atoms with Crippen LogP contribution in [0.3, 0.4) is 0 Å². The van der Waals surface area contributed by atoms with E-state index in [1.165, 1.54) is 6.42 Å². The molecular formula is C31H54O5S. The number of rotatable bonds is 5. The summed E-state index contributed by atoms with van der Waals surface area (Å²) in [6, 6.07) is 0. The molecule has 0 aromatic heterocycles. The van der Waals surface area contributed by atoms with Crippen molar-refractivity contribution in [2.24, 2.45) is 34.5 Å². The molecule has 4 aliphatic carbocycles. The van der Waals surface area contributed by atoms with Crippen LogP contribution in [0, 0.1) is 34.5 Å². The average Bonchev–Trinajstić information content (AvgIpc) is 3.42. The van der Waals surface area contributed by atoms with Gasteiger partial charge in [0.15, 0.2) is 11.6 Å². The zero-order valence-electron chi connectivity index (χ0n) is 25.3. The van der Waals surface area contributed by atoms with E-state index in [1.807, 2.05) is 14.2 Å². The summed E-state index contributed by atoms with van der Waals surface area (Å²) in [5.41, 5.74) is 1.82. The van der Waals surface area contributed by atoms with Crippen molar-refractivity contribution in [3.63, 3.8) is 0 Å². The zero-order valence-corrected chi connectivity index (χ0v) is 26.1. The van der Waals surface area contributed by atoms with E-state index >= 15 is 0 Å². The Morgan fingerprint density at radius 3 is 2.22 bits per heavy atom. The Labute approximate surface area is 228 Å². The largest absolute Gasteiger partial charge is 0.353 e. The Hall–Kier alpha value is -0.110. The molecule has 5 rings (SSSR count). The number of allylic oxidation sites excluding steroid dienone is 1. The fraction of sp³-hybridized carbons (Fsp3) is 0.935. The van der Waals surface area contributed by atoms with Crippen molar-refractivity contribution >= 4 is 10.3 Å². The Kier molecular flexibility index (Phi) is 7.07. The molecule has 0 aromatic carbocycles. The third kappa shape index (κ3) is 4.30. The standard InChI is InChI=1S/C31H54O5S/c1-27(2,3)37(9,10)36-24-20-29(5)23(13-14-25(29)30(6,32-7)33-8)22-12-11-21-19-31(34-17-18-35-31)16-15-28(21,4)26(22)24/h11,22-26H,12-20H2,1-10H3/t22?,23?,24-,25?,26?,28?,29?/m1/s1. The Morgan fingerprint density at radius 2 is 1.62 bits per heavy atom. The minimum absolute atomic E-state index is 0.120. The molecule has 0 N–H and O–H groups in total. The number of fused-ring (bicyclic) bond motifs is 5. The molecule has 4 fully saturated rings. The van der Waals surface area contributed by atoms with E-state index in [0.717, 1.165) is 51.7 Å². The van der Waals surface area contributed by atoms with Gasteiger partial charge in [-0.15, -0.1) is 10.3 Å². The van der Waals surface area contributed by atoms with Gasteiger partial charge in [-0.2, -0.15) is 0 Å². The van der Waals surface area contributed by atoms with Gasteiger partial charge in [-0.1, -0.05) is 46.3 Å². The SMILES string of the molecule is COC(C)(OC)C1CCC2C3CC=C4CC5(CCC4(C)C3[C@H](OS(C)(C)C(C)(C)C)CC21C)OCCO5. The lowest BCUT2D eigenvalue weighted by Gasteiger charge is -2.63. The van der Waals surface area contributed by atoms with Crippen molar-refractivity contribution in [3.05, 3.63) is 11.6 Å². The van der Waals surface area contributed by atoms with Gasteiger partial charge in [-0.25, -0.2) is 0 Å². The van der Waals surface area contributed by atoms with Crippen molar-refractivity contribution in [1.29, 1.82) is 0 Å². The van der Waals surface area contributed by atoms with Gasteiger partial charge < -0.3 is 23.1 Å². The summed E-state index contributed by atoms with van der Waals surface area (Å²) in [7, 11) is 2.34. The van der Waals surface area contributed by atoms with Crippen LogP contribution in [0.1, 0.15) is 86.5 Å². The summed E-state index contributed by atoms with van der Waals surface area (Å²) < 4.78 is 32.1. The number of hydrogen-bond acceptors (Lipinski definition) is 5. The van der Waals surface area contributed by atoms with Crippen LogP contribution < -0.4 is 0 Å². The minimum Gasteiger partial charge on any atom is -0.353 e. The van der Waals surface area contributed by atoms with E-state index < -0.39 is 16.1 Å². The summed E-state index contributed by atoms with van der Waals surface area (Å²) in [6.07, 6.45) is 15.2. The molecule has 7 atom stereocenters. The summed E-state index contributed by atoms with van der Waals surface area (Å²) in [6.45, 7) is 15.8. The van der Waals surface area contributed by atoms with Crippen molar-refractivity contribution in [2.45, 2.75) is 109 Å². The van der Waals surface area contributed by atoms with E-state index in [9.17, 15) is 0 Å². The van der Waals surface area contributed by atoms with Gasteiger partial charge in [0.1, 0.15) is 0 Å². The van der Waals surface area contributed by atoms with Crippen LogP contribution in [0.2, 0.25) is 0 Å². The Balaban J connectivity index is 1.56. The summed E-state index contributed by atoms with van der Waals surface area (Å²) >= 11 is 0. The highest BCUT2D eigenvalue weighted by atomic mass is 32.3. The van der Waals surface area contributed by atoms with Gasteiger partial charge >= 0.3 is 0 Å². The first-order chi connectivity index (χ1) is 17.1. The summed E-state index contributed by atoms with van der Waals surface area (Å²) in [4.78, 5) is 0. The van der Waals surface area contributed by atoms with Crippen molar-refractivity contribution in [2.75, 3.05) is 39.9 Å². The highest BCUT2D eigenvalue weighted by Crippen LogP contribution is 2.70. The van der Waals surface area contributed by atoms with Gasteiger partial charge in [0.2, 0.25) is 0 Å². The fourth-order valence-corrected chi connectivity index (χ4v) is 10.3. The van der Waals surface area contributed by atoms with Crippen LogP contribution >= 0.6 is 10.3 Å². The van der Waals surface area contributed by atoms with Crippen LogP contribution in [0.25, 0.3) is 0 Å². The second-order valence-corrected chi connectivity index (χ2v) is 18.6. The predicted molar refractivity (Wildman–Crippen MR) is 152 cm³/mol. The monoisotopic (exact) mass is 538 g/mol. The first-order valence-electron chi connectivity index (χ1n) is 14.6. The molecule has 0 radical (unpaired) electrons. The summed E-state index contributed by atoms with van der Waals surface area (Å²) in [5, 5.41) is 0. The molecule has 6 unspecified atom stereocenters. The molecule has 1 saturated heterocycles. The molecule has 37 heavy (non-hydrogen) atoms. The molecular weight excluding hydrogens is 484 g/mol. The van der Waals surface area contributed by atoms with Gasteiger partial charge in [0.05, 0.1) is 19.3 Å². The molecule has 0 aromatic rings. The molecule has 3 saturated carbocycles. The van der Waals surface area contributed by atoms with E-state index in [4.69, 9.17) is 23.1 Å². The lowest BCUT2D eigenvalue weighted by atomic mass is 9.46. The fourth-order valence-electron chi connectivity index (χ4n) is 9.22. The van der Waals surface area contributed by atoms with Crippen molar-refractivity contribution < 1.29 is 23.1 Å². The molecule has 0 amide bonds. The van der Waals surface area contributed by atoms with Crippen LogP contribution in [0.5, 0.6) is 0 Å². The molecule has 1 heterocycles. The number of ether oxygens (including phenoxy) is 4. The third-order valence-corrected chi connectivity index (χ3v) is 15.8. The number of methoxy groups -OCH3 is 2. The van der Waals surface area contributed by atoms with Crippen molar-refractivity contribution in [3.8, 4) is 0 Å². The second kappa shape index (κ2) is 9.21. The maximum absolute atomic E-state index is 7.46. The highest BCUT2D eigenvalue weighted by molar-refractivity contribution is 8.29. The lowest BCUT2D eigenvalue weighted by Crippen LogP contribution is -2.60. The second-order valence-electron chi connectivity index (χ2n) is 14.7. The maximum Gasteiger partial charge on any atom is 0.172 e. The normalized spacial score (nSPS) is 42.2. The average molecular weight is 539 g/mol. The number of hydrogen-bond donors (Lipinski definition) is 0. The topological polar surface area (TPSA) is 46.2 Å². The van der Waals surface area contributed by atoms with Crippen molar-refractivity contribution in [1.82, 2.24) is 0 Å². The van der Waals surface area contributed by atoms with Crippen LogP contribution in [0.15, 0.2) is 11.6 Å². The molecule has 1 aliphatic heterocycles. The summed E-state index contributed by atoms with van der Waals surface area (Å²) in [5.74, 6) is 1.20. The quantitative estimate of drug-likeness (QED) is 0.276. The molecule has 5 aliphatic rings. The first-order valence-corrected chi connectivity index (χ1v) is 17.0. The van der Waals surface area contributed by atoms with E-state index in [-0.39, 0.29) is 27.5 Å². The van der Waals surface area contributed by atoms with Crippen LogP contribution in [-0.4, -0.2) is 62.4 Å². The van der Waals surface area contributed by atoms with E-state index in [1.54, 1.807) is 5.57 Å². The van der Waals surface area contributed by atoms with Gasteiger partial charge in [-0.05, 0) is 80.1 Å². The lowest BCUT2D eigenvalue weighted by molar-refractivity contribution is -0.257. The maximum atomic E-state index is 7.46. The minimum atomic E-state index is -1.29. The van der Waals surface area contributed by atoms with E-state index in [0.29, 0.717) is 23.7 Å². The Bertz CT molecular complexity index is 898. The molecule has 5 nitrogen and oxygen atoms in total. The van der Waals surface area contributed by atoms with E-state index in [2.05, 4.69) is 60.1 Å². The van der Waals surface area contributed by atoms with Crippen LogP contribution in [0.4, 0.5) is 0 Å². The zero-order chi connectivity index (χ0) is 27.1. The highest BCUT2D eigenvalue weighted by Gasteiger charge is 2.66. The molecule has 0 bridgehead atoms. The van der Waals surface area contributed by atoms with Gasteiger partial charge in [0, 0.05) is 37.7 Å².